The molecule has 0 saturated carbocycles. The van der Waals surface area contributed by atoms with Crippen molar-refractivity contribution in [3.8, 4) is 0 Å². The Morgan fingerprint density at radius 1 is 1.18 bits per heavy atom. The minimum Gasteiger partial charge on any atom is -0.358 e. The summed E-state index contributed by atoms with van der Waals surface area (Å²) >= 11 is 13.8. The molecule has 0 aliphatic carbocycles. The number of rotatable bonds is 7. The Hall–Kier alpha value is -1.60. The van der Waals surface area contributed by atoms with E-state index in [1.807, 2.05) is 6.92 Å². The summed E-state index contributed by atoms with van der Waals surface area (Å²) in [6.45, 7) is 12.0. The summed E-state index contributed by atoms with van der Waals surface area (Å²) in [7, 11) is 0. The van der Waals surface area contributed by atoms with Gasteiger partial charge in [0.2, 0.25) is 0 Å². The van der Waals surface area contributed by atoms with E-state index in [1.54, 1.807) is 34.9 Å². The van der Waals surface area contributed by atoms with Gasteiger partial charge in [0.15, 0.2) is 0 Å². The summed E-state index contributed by atoms with van der Waals surface area (Å²) in [5, 5.41) is 0.185. The highest BCUT2D eigenvalue weighted by molar-refractivity contribution is 8.00. The van der Waals surface area contributed by atoms with Gasteiger partial charge in [0, 0.05) is 28.0 Å². The molecule has 1 saturated heterocycles. The fourth-order valence-corrected chi connectivity index (χ4v) is 5.29. The van der Waals surface area contributed by atoms with Crippen molar-refractivity contribution in [1.29, 1.82) is 0 Å². The number of hydrogen-bond acceptors (Lipinski definition) is 3. The fourth-order valence-electron chi connectivity index (χ4n) is 4.04. The van der Waals surface area contributed by atoms with E-state index in [4.69, 9.17) is 27.9 Å². The number of benzene rings is 2. The highest BCUT2D eigenvalue weighted by Gasteiger charge is 2.46. The van der Waals surface area contributed by atoms with Crippen LogP contribution in [0, 0.1) is 11.6 Å². The molecule has 1 amide bonds. The number of ether oxygens (including phenoxy) is 1. The van der Waals surface area contributed by atoms with E-state index < -0.39 is 29.9 Å². The van der Waals surface area contributed by atoms with Gasteiger partial charge in [0.25, 0.3) is 5.91 Å². The maximum absolute atomic E-state index is 14.5. The summed E-state index contributed by atoms with van der Waals surface area (Å²) in [4.78, 5) is 15.4. The lowest BCUT2D eigenvalue weighted by Crippen LogP contribution is -2.54. The number of amides is 1. The lowest BCUT2D eigenvalue weighted by atomic mass is 9.90. The first kappa shape index (κ1) is 27.0. The van der Waals surface area contributed by atoms with Crippen LogP contribution in [-0.2, 0) is 9.53 Å². The quantitative estimate of drug-likeness (QED) is 0.344. The van der Waals surface area contributed by atoms with Gasteiger partial charge >= 0.3 is 0 Å². The average molecular weight is 528 g/mol. The van der Waals surface area contributed by atoms with Crippen molar-refractivity contribution in [2.75, 3.05) is 5.75 Å². The second-order valence-electron chi connectivity index (χ2n) is 9.41. The summed E-state index contributed by atoms with van der Waals surface area (Å²) < 4.78 is 35.1. The molecule has 0 radical (unpaired) electrons. The fraction of sp³-hybridized carbons (Fsp3) is 0.423. The van der Waals surface area contributed by atoms with E-state index >= 15 is 0 Å². The van der Waals surface area contributed by atoms with Crippen LogP contribution in [0.2, 0.25) is 10.0 Å². The zero-order valence-corrected chi connectivity index (χ0v) is 22.0. The van der Waals surface area contributed by atoms with Gasteiger partial charge in [-0.1, -0.05) is 56.1 Å². The predicted molar refractivity (Wildman–Crippen MR) is 137 cm³/mol. The van der Waals surface area contributed by atoms with Gasteiger partial charge in [0.05, 0.1) is 11.1 Å². The molecule has 2 aromatic carbocycles. The van der Waals surface area contributed by atoms with E-state index in [-0.39, 0.29) is 33.2 Å². The van der Waals surface area contributed by atoms with E-state index in [0.717, 1.165) is 0 Å². The Kier molecular flexibility index (Phi) is 8.72. The third-order valence-electron chi connectivity index (χ3n) is 5.54. The SMILES string of the molecule is C=CC[C@@H]1O[C@H](c2cc(F)cc(Cl)c2)[C@@H](c2ccc(Cl)c(F)c2)N(C(C)CSC(C)(C)C)C1=O. The van der Waals surface area contributed by atoms with Gasteiger partial charge in [-0.05, 0) is 48.4 Å². The van der Waals surface area contributed by atoms with E-state index in [1.165, 1.54) is 24.3 Å². The summed E-state index contributed by atoms with van der Waals surface area (Å²) in [6.07, 6.45) is 0.321. The largest absolute Gasteiger partial charge is 0.358 e. The zero-order valence-electron chi connectivity index (χ0n) is 19.7. The van der Waals surface area contributed by atoms with Gasteiger partial charge in [-0.25, -0.2) is 8.78 Å². The molecule has 8 heteroatoms. The molecule has 0 bridgehead atoms. The van der Waals surface area contributed by atoms with Gasteiger partial charge in [-0.3, -0.25) is 4.79 Å². The lowest BCUT2D eigenvalue weighted by molar-refractivity contribution is -0.177. The first-order valence-corrected chi connectivity index (χ1v) is 12.8. The van der Waals surface area contributed by atoms with Crippen molar-refractivity contribution in [1.82, 2.24) is 4.90 Å². The Morgan fingerprint density at radius 3 is 2.47 bits per heavy atom. The monoisotopic (exact) mass is 527 g/mol. The topological polar surface area (TPSA) is 29.5 Å². The van der Waals surface area contributed by atoms with Crippen molar-refractivity contribution in [3.63, 3.8) is 0 Å². The van der Waals surface area contributed by atoms with Crippen LogP contribution < -0.4 is 0 Å². The highest BCUT2D eigenvalue weighted by Crippen LogP contribution is 2.45. The van der Waals surface area contributed by atoms with Crippen molar-refractivity contribution in [2.45, 2.75) is 63.2 Å². The van der Waals surface area contributed by atoms with Gasteiger partial charge in [0.1, 0.15) is 23.8 Å². The van der Waals surface area contributed by atoms with E-state index in [0.29, 0.717) is 16.9 Å². The van der Waals surface area contributed by atoms with E-state index in [2.05, 4.69) is 27.4 Å². The second kappa shape index (κ2) is 11.0. The van der Waals surface area contributed by atoms with Crippen LogP contribution in [-0.4, -0.2) is 33.5 Å². The number of halogens is 4. The molecule has 2 aromatic rings. The minimum absolute atomic E-state index is 0.0124. The Morgan fingerprint density at radius 2 is 1.88 bits per heavy atom. The molecule has 0 spiro atoms. The van der Waals surface area contributed by atoms with Crippen LogP contribution in [0.4, 0.5) is 8.78 Å². The maximum Gasteiger partial charge on any atom is 0.252 e. The summed E-state index contributed by atoms with van der Waals surface area (Å²) in [5.74, 6) is -0.695. The molecule has 0 N–H and O–H groups in total. The molecular formula is C26H29Cl2F2NO2S. The van der Waals surface area contributed by atoms with Crippen LogP contribution >= 0.6 is 35.0 Å². The second-order valence-corrected chi connectivity index (χ2v) is 12.1. The van der Waals surface area contributed by atoms with Crippen LogP contribution in [0.5, 0.6) is 0 Å². The molecule has 1 aliphatic heterocycles. The molecule has 3 rings (SSSR count). The number of carbonyl (C=O) groups is 1. The van der Waals surface area contributed by atoms with Crippen molar-refractivity contribution in [3.05, 3.63) is 81.9 Å². The highest BCUT2D eigenvalue weighted by atomic mass is 35.5. The molecule has 4 atom stereocenters. The zero-order chi connectivity index (χ0) is 25.2. The normalized spacial score (nSPS) is 22.1. The van der Waals surface area contributed by atoms with Crippen molar-refractivity contribution < 1.29 is 18.3 Å². The summed E-state index contributed by atoms with van der Waals surface area (Å²) in [5.41, 5.74) is 0.970. The van der Waals surface area contributed by atoms with Crippen LogP contribution in [0.15, 0.2) is 49.1 Å². The first-order chi connectivity index (χ1) is 15.9. The number of hydrogen-bond donors (Lipinski definition) is 0. The van der Waals surface area contributed by atoms with Gasteiger partial charge < -0.3 is 9.64 Å². The number of nitrogens with zero attached hydrogens (tertiary/aromatic N) is 1. The van der Waals surface area contributed by atoms with E-state index in [9.17, 15) is 13.6 Å². The Balaban J connectivity index is 2.16. The van der Waals surface area contributed by atoms with Crippen molar-refractivity contribution >= 4 is 40.9 Å². The summed E-state index contributed by atoms with van der Waals surface area (Å²) in [6, 6.07) is 7.65. The standard InChI is InChI=1S/C26H29Cl2F2NO2S/c1-6-7-22-25(32)31(15(2)14-34-26(3,4)5)23(16-8-9-20(28)21(30)12-16)24(33-22)17-10-18(27)13-19(29)11-17/h6,8-13,15,22-24H,1,7,14H2,2-5H3/t15?,22-,23+,24+/m0/s1. The molecule has 3 nitrogen and oxygen atoms in total. The number of morpholine rings is 1. The molecule has 1 unspecified atom stereocenters. The van der Waals surface area contributed by atoms with Crippen molar-refractivity contribution in [2.24, 2.45) is 0 Å². The third kappa shape index (κ3) is 6.34. The molecule has 1 heterocycles. The smallest absolute Gasteiger partial charge is 0.252 e. The average Bonchev–Trinajstić information content (AvgIpc) is 2.74. The van der Waals surface area contributed by atoms with Crippen LogP contribution in [0.1, 0.15) is 57.4 Å². The third-order valence-corrected chi connectivity index (χ3v) is 7.58. The molecule has 1 aliphatic rings. The number of carbonyl (C=O) groups excluding carboxylic acids is 1. The maximum atomic E-state index is 14.5. The Labute approximate surface area is 214 Å². The predicted octanol–water partition coefficient (Wildman–Crippen LogP) is 7.78. The minimum atomic E-state index is -0.806. The first-order valence-electron chi connectivity index (χ1n) is 11.0. The molecule has 184 valence electrons. The molecular weight excluding hydrogens is 499 g/mol. The van der Waals surface area contributed by atoms with Crippen LogP contribution in [0.3, 0.4) is 0 Å². The lowest BCUT2D eigenvalue weighted by Gasteiger charge is -2.47. The number of thioether (sulfide) groups is 1. The Bertz CT molecular complexity index is 1040. The molecule has 1 fully saturated rings. The van der Waals surface area contributed by atoms with Gasteiger partial charge in [-0.2, -0.15) is 11.8 Å². The van der Waals surface area contributed by atoms with Gasteiger partial charge in [-0.15, -0.1) is 6.58 Å². The van der Waals surface area contributed by atoms with Crippen LogP contribution in [0.25, 0.3) is 0 Å². The molecule has 0 aromatic heterocycles. The molecule has 34 heavy (non-hydrogen) atoms.